The summed E-state index contributed by atoms with van der Waals surface area (Å²) in [5, 5.41) is 0. The highest BCUT2D eigenvalue weighted by molar-refractivity contribution is 6.20. The van der Waals surface area contributed by atoms with Gasteiger partial charge < -0.3 is 9.47 Å². The molecule has 0 N–H and O–H groups in total. The summed E-state index contributed by atoms with van der Waals surface area (Å²) in [7, 11) is 0. The van der Waals surface area contributed by atoms with E-state index in [1.165, 1.54) is 0 Å². The molecule has 1 atom stereocenters. The number of hydrogen-bond donors (Lipinski definition) is 0. The lowest BCUT2D eigenvalue weighted by Crippen LogP contribution is -2.43. The average molecular weight is 249 g/mol. The Balaban J connectivity index is 1.63. The summed E-state index contributed by atoms with van der Waals surface area (Å²) in [6.45, 7) is 8.49. The van der Waals surface area contributed by atoms with Crippen molar-refractivity contribution in [3.05, 3.63) is 0 Å². The first-order valence-electron chi connectivity index (χ1n) is 6.12. The van der Waals surface area contributed by atoms with Crippen LogP contribution in [0.2, 0.25) is 0 Å². The maximum Gasteiger partial charge on any atom is 0.0864 e. The number of ether oxygens (including phenoxy) is 2. The number of halogens is 1. The molecule has 16 heavy (non-hydrogen) atoms. The van der Waals surface area contributed by atoms with Crippen LogP contribution in [0.5, 0.6) is 0 Å². The van der Waals surface area contributed by atoms with Gasteiger partial charge in [0.25, 0.3) is 0 Å². The third kappa shape index (κ3) is 3.86. The summed E-state index contributed by atoms with van der Waals surface area (Å²) in [5.74, 6) is 0. The smallest absolute Gasteiger partial charge is 0.0864 e. The van der Waals surface area contributed by atoms with Gasteiger partial charge in [0.2, 0.25) is 0 Å². The zero-order chi connectivity index (χ0) is 11.2. The van der Waals surface area contributed by atoms with Crippen LogP contribution >= 0.6 is 11.6 Å². The van der Waals surface area contributed by atoms with Crippen molar-refractivity contribution >= 4 is 11.6 Å². The van der Waals surface area contributed by atoms with Gasteiger partial charge in [-0.2, -0.15) is 0 Å². The van der Waals surface area contributed by atoms with Crippen LogP contribution in [0.25, 0.3) is 0 Å². The average Bonchev–Trinajstić information content (AvgIpc) is 2.38. The van der Waals surface area contributed by atoms with E-state index in [2.05, 4.69) is 9.80 Å². The molecule has 0 bridgehead atoms. The normalized spacial score (nSPS) is 26.8. The topological polar surface area (TPSA) is 24.9 Å². The second kappa shape index (κ2) is 6.77. The molecule has 4 nitrogen and oxygen atoms in total. The molecule has 0 aromatic rings. The van der Waals surface area contributed by atoms with E-state index in [0.29, 0.717) is 0 Å². The van der Waals surface area contributed by atoms with Crippen LogP contribution in [-0.4, -0.2) is 74.5 Å². The van der Waals surface area contributed by atoms with Gasteiger partial charge in [-0.3, -0.25) is 9.80 Å². The van der Waals surface area contributed by atoms with Crippen LogP contribution in [0.15, 0.2) is 0 Å². The van der Waals surface area contributed by atoms with E-state index in [4.69, 9.17) is 21.1 Å². The fourth-order valence-corrected chi connectivity index (χ4v) is 2.45. The summed E-state index contributed by atoms with van der Waals surface area (Å²) < 4.78 is 10.6. The minimum absolute atomic E-state index is 0.159. The van der Waals surface area contributed by atoms with Crippen molar-refractivity contribution in [1.29, 1.82) is 0 Å². The molecule has 2 fully saturated rings. The van der Waals surface area contributed by atoms with E-state index < -0.39 is 0 Å². The zero-order valence-corrected chi connectivity index (χ0v) is 10.5. The summed E-state index contributed by atoms with van der Waals surface area (Å²) >= 11 is 6.39. The largest absolute Gasteiger partial charge is 0.379 e. The Bertz CT molecular complexity index is 194. The molecule has 2 rings (SSSR count). The summed E-state index contributed by atoms with van der Waals surface area (Å²) in [6.07, 6.45) is 1.03. The molecule has 2 heterocycles. The lowest BCUT2D eigenvalue weighted by atomic mass is 10.3. The van der Waals surface area contributed by atoms with Crippen molar-refractivity contribution in [2.24, 2.45) is 0 Å². The number of rotatable bonds is 4. The molecule has 5 heteroatoms. The van der Waals surface area contributed by atoms with E-state index in [1.54, 1.807) is 0 Å². The Hall–Kier alpha value is 0.130. The second-order valence-corrected chi connectivity index (χ2v) is 4.83. The third-order valence-electron chi connectivity index (χ3n) is 3.23. The number of hydrogen-bond acceptors (Lipinski definition) is 4. The van der Waals surface area contributed by atoms with E-state index in [1.807, 2.05) is 0 Å². The fraction of sp³-hybridized carbons (Fsp3) is 1.00. The molecule has 0 amide bonds. The Morgan fingerprint density at radius 2 is 1.50 bits per heavy atom. The van der Waals surface area contributed by atoms with Gasteiger partial charge >= 0.3 is 0 Å². The van der Waals surface area contributed by atoms with Gasteiger partial charge in [-0.1, -0.05) is 0 Å². The number of alkyl halides is 1. The van der Waals surface area contributed by atoms with E-state index in [9.17, 15) is 0 Å². The molecular weight excluding hydrogens is 228 g/mol. The predicted molar refractivity (Wildman–Crippen MR) is 63.9 cm³/mol. The monoisotopic (exact) mass is 248 g/mol. The molecule has 2 saturated heterocycles. The first kappa shape index (κ1) is 12.6. The summed E-state index contributed by atoms with van der Waals surface area (Å²) in [6, 6.07) is 0. The quantitative estimate of drug-likeness (QED) is 0.538. The van der Waals surface area contributed by atoms with Crippen molar-refractivity contribution in [1.82, 2.24) is 9.80 Å². The maximum atomic E-state index is 6.39. The van der Waals surface area contributed by atoms with Gasteiger partial charge in [-0.15, -0.1) is 11.6 Å². The van der Waals surface area contributed by atoms with E-state index in [0.717, 1.165) is 65.6 Å². The molecule has 0 aliphatic carbocycles. The van der Waals surface area contributed by atoms with Crippen LogP contribution in [-0.2, 0) is 9.47 Å². The second-order valence-electron chi connectivity index (χ2n) is 4.33. The minimum Gasteiger partial charge on any atom is -0.379 e. The molecule has 0 aromatic heterocycles. The minimum atomic E-state index is 0.159. The van der Waals surface area contributed by atoms with Crippen LogP contribution < -0.4 is 0 Å². The predicted octanol–water partition coefficient (Wildman–Crippen LogP) is 0.606. The highest BCUT2D eigenvalue weighted by Crippen LogP contribution is 2.12. The van der Waals surface area contributed by atoms with Crippen molar-refractivity contribution in [2.75, 3.05) is 59.2 Å². The molecule has 0 spiro atoms. The summed E-state index contributed by atoms with van der Waals surface area (Å²) in [4.78, 5) is 4.74. The van der Waals surface area contributed by atoms with Gasteiger partial charge in [0, 0.05) is 32.7 Å². The van der Waals surface area contributed by atoms with Gasteiger partial charge in [0.05, 0.1) is 31.9 Å². The molecule has 94 valence electrons. The Kier molecular flexibility index (Phi) is 5.32. The maximum absolute atomic E-state index is 6.39. The van der Waals surface area contributed by atoms with Gasteiger partial charge in [0.1, 0.15) is 0 Å². The molecule has 2 aliphatic heterocycles. The highest BCUT2D eigenvalue weighted by atomic mass is 35.5. The fourth-order valence-electron chi connectivity index (χ4n) is 2.15. The highest BCUT2D eigenvalue weighted by Gasteiger charge is 2.20. The van der Waals surface area contributed by atoms with Crippen molar-refractivity contribution in [3.8, 4) is 0 Å². The Labute approximate surface area is 102 Å². The molecule has 2 aliphatic rings. The van der Waals surface area contributed by atoms with Crippen molar-refractivity contribution in [2.45, 2.75) is 11.9 Å². The SMILES string of the molecule is ClC(CCN1CCOCC1)N1CCOCC1. The van der Waals surface area contributed by atoms with E-state index in [-0.39, 0.29) is 5.50 Å². The molecule has 0 aromatic carbocycles. The standard InChI is InChI=1S/C11H21ClN2O2/c12-11(14-5-9-16-10-6-14)1-2-13-3-7-15-8-4-13/h11H,1-10H2. The summed E-state index contributed by atoms with van der Waals surface area (Å²) in [5.41, 5.74) is 0.159. The first-order valence-corrected chi connectivity index (χ1v) is 6.56. The number of morpholine rings is 2. The van der Waals surface area contributed by atoms with Crippen LogP contribution in [0.1, 0.15) is 6.42 Å². The Morgan fingerprint density at radius 1 is 0.938 bits per heavy atom. The molecular formula is C11H21ClN2O2. The van der Waals surface area contributed by atoms with Crippen LogP contribution in [0, 0.1) is 0 Å². The molecule has 1 unspecified atom stereocenters. The van der Waals surface area contributed by atoms with Crippen LogP contribution in [0.3, 0.4) is 0 Å². The lowest BCUT2D eigenvalue weighted by Gasteiger charge is -2.33. The van der Waals surface area contributed by atoms with Crippen molar-refractivity contribution < 1.29 is 9.47 Å². The molecule has 0 radical (unpaired) electrons. The molecule has 0 saturated carbocycles. The van der Waals surface area contributed by atoms with Crippen LogP contribution in [0.4, 0.5) is 0 Å². The van der Waals surface area contributed by atoms with E-state index >= 15 is 0 Å². The van der Waals surface area contributed by atoms with Gasteiger partial charge in [-0.25, -0.2) is 0 Å². The van der Waals surface area contributed by atoms with Crippen molar-refractivity contribution in [3.63, 3.8) is 0 Å². The first-order chi connectivity index (χ1) is 7.86. The lowest BCUT2D eigenvalue weighted by molar-refractivity contribution is 0.0192. The zero-order valence-electron chi connectivity index (χ0n) is 9.74. The Morgan fingerprint density at radius 3 is 2.12 bits per heavy atom. The number of nitrogens with zero attached hydrogens (tertiary/aromatic N) is 2. The van der Waals surface area contributed by atoms with Gasteiger partial charge in [-0.05, 0) is 6.42 Å². The van der Waals surface area contributed by atoms with Gasteiger partial charge in [0.15, 0.2) is 0 Å². The third-order valence-corrected chi connectivity index (χ3v) is 3.72.